The standard InChI is InChI=1S/C13H9NO4/c1-3-7-17-12(15)10-5-6-14-11(9-10)13(16)18-8-4-2/h1-2,5-6,9H,7-8H2. The number of pyridine rings is 1. The molecule has 0 amide bonds. The molecule has 0 saturated carbocycles. The normalized spacial score (nSPS) is 8.78. The van der Waals surface area contributed by atoms with Crippen molar-refractivity contribution in [2.45, 2.75) is 0 Å². The molecule has 18 heavy (non-hydrogen) atoms. The molecule has 0 atom stereocenters. The molecule has 5 nitrogen and oxygen atoms in total. The van der Waals surface area contributed by atoms with Crippen molar-refractivity contribution in [3.8, 4) is 24.7 Å². The highest BCUT2D eigenvalue weighted by atomic mass is 16.5. The zero-order valence-electron chi connectivity index (χ0n) is 9.38. The lowest BCUT2D eigenvalue weighted by Crippen LogP contribution is -2.11. The molecule has 0 N–H and O–H groups in total. The molecule has 0 bridgehead atoms. The molecular weight excluding hydrogens is 234 g/mol. The summed E-state index contributed by atoms with van der Waals surface area (Å²) in [5, 5.41) is 0. The summed E-state index contributed by atoms with van der Waals surface area (Å²) in [6.07, 6.45) is 11.2. The van der Waals surface area contributed by atoms with Gasteiger partial charge in [0.1, 0.15) is 5.69 Å². The Morgan fingerprint density at radius 1 is 1.17 bits per heavy atom. The molecule has 90 valence electrons. The molecule has 1 heterocycles. The Morgan fingerprint density at radius 2 is 1.78 bits per heavy atom. The Morgan fingerprint density at radius 3 is 2.39 bits per heavy atom. The maximum Gasteiger partial charge on any atom is 0.357 e. The van der Waals surface area contributed by atoms with Gasteiger partial charge in [0.25, 0.3) is 0 Å². The number of carbonyl (C=O) groups excluding carboxylic acids is 2. The summed E-state index contributed by atoms with van der Waals surface area (Å²) in [6, 6.07) is 2.65. The lowest BCUT2D eigenvalue weighted by molar-refractivity contribution is 0.0549. The molecular formula is C13H9NO4. The molecule has 0 aliphatic carbocycles. The summed E-state index contributed by atoms with van der Waals surface area (Å²) in [6.45, 7) is -0.301. The fourth-order valence-corrected chi connectivity index (χ4v) is 1.04. The van der Waals surface area contributed by atoms with Gasteiger partial charge in [0, 0.05) is 6.20 Å². The summed E-state index contributed by atoms with van der Waals surface area (Å²) < 4.78 is 9.38. The smallest absolute Gasteiger partial charge is 0.357 e. The number of esters is 2. The molecule has 0 unspecified atom stereocenters. The first-order chi connectivity index (χ1) is 8.69. The van der Waals surface area contributed by atoms with Gasteiger partial charge in [-0.3, -0.25) is 0 Å². The number of nitrogens with zero attached hydrogens (tertiary/aromatic N) is 1. The van der Waals surface area contributed by atoms with Gasteiger partial charge < -0.3 is 9.47 Å². The number of aromatic nitrogens is 1. The van der Waals surface area contributed by atoms with E-state index in [9.17, 15) is 9.59 Å². The Kier molecular flexibility index (Phi) is 4.96. The molecule has 1 aromatic heterocycles. The van der Waals surface area contributed by atoms with Crippen LogP contribution in [0.1, 0.15) is 20.8 Å². The molecule has 0 aliphatic heterocycles. The van der Waals surface area contributed by atoms with Crippen LogP contribution in [0.4, 0.5) is 0 Å². The van der Waals surface area contributed by atoms with Gasteiger partial charge in [-0.25, -0.2) is 14.6 Å². The van der Waals surface area contributed by atoms with Crippen molar-refractivity contribution in [2.75, 3.05) is 13.2 Å². The van der Waals surface area contributed by atoms with Crippen LogP contribution >= 0.6 is 0 Å². The Bertz CT molecular complexity index is 491. The molecule has 0 aliphatic rings. The monoisotopic (exact) mass is 243 g/mol. The van der Waals surface area contributed by atoms with Crippen molar-refractivity contribution in [3.05, 3.63) is 29.6 Å². The fraction of sp³-hybridized carbons (Fsp3) is 0.154. The van der Waals surface area contributed by atoms with E-state index >= 15 is 0 Å². The number of carbonyl (C=O) groups is 2. The third kappa shape index (κ3) is 3.66. The minimum absolute atomic E-state index is 0.0274. The third-order valence-corrected chi connectivity index (χ3v) is 1.78. The van der Waals surface area contributed by atoms with Crippen molar-refractivity contribution >= 4 is 11.9 Å². The van der Waals surface area contributed by atoms with Crippen LogP contribution in [0.5, 0.6) is 0 Å². The van der Waals surface area contributed by atoms with Crippen LogP contribution in [0.3, 0.4) is 0 Å². The molecule has 0 radical (unpaired) electrons. The highest BCUT2D eigenvalue weighted by Crippen LogP contribution is 2.05. The first kappa shape index (κ1) is 13.3. The van der Waals surface area contributed by atoms with Crippen molar-refractivity contribution < 1.29 is 19.1 Å². The minimum atomic E-state index is -0.709. The van der Waals surface area contributed by atoms with E-state index in [2.05, 4.69) is 21.6 Å². The van der Waals surface area contributed by atoms with Crippen molar-refractivity contribution in [2.24, 2.45) is 0 Å². The zero-order valence-corrected chi connectivity index (χ0v) is 9.38. The lowest BCUT2D eigenvalue weighted by Gasteiger charge is -2.03. The summed E-state index contributed by atoms with van der Waals surface area (Å²) >= 11 is 0. The second kappa shape index (κ2) is 6.72. The summed E-state index contributed by atoms with van der Waals surface area (Å²) in [7, 11) is 0. The maximum absolute atomic E-state index is 11.5. The summed E-state index contributed by atoms with van der Waals surface area (Å²) in [5.41, 5.74) is 0.133. The van der Waals surface area contributed by atoms with E-state index in [4.69, 9.17) is 17.6 Å². The van der Waals surface area contributed by atoms with E-state index < -0.39 is 11.9 Å². The average molecular weight is 243 g/mol. The van der Waals surface area contributed by atoms with E-state index in [0.29, 0.717) is 0 Å². The highest BCUT2D eigenvalue weighted by molar-refractivity contribution is 5.94. The molecule has 0 spiro atoms. The van der Waals surface area contributed by atoms with E-state index in [-0.39, 0.29) is 24.5 Å². The van der Waals surface area contributed by atoms with Crippen LogP contribution < -0.4 is 0 Å². The van der Waals surface area contributed by atoms with E-state index in [1.54, 1.807) is 0 Å². The van der Waals surface area contributed by atoms with Gasteiger partial charge in [0.2, 0.25) is 0 Å². The second-order valence-corrected chi connectivity index (χ2v) is 2.99. The summed E-state index contributed by atoms with van der Waals surface area (Å²) in [5.74, 6) is 2.96. The minimum Gasteiger partial charge on any atom is -0.449 e. The number of terminal acetylenes is 2. The average Bonchev–Trinajstić information content (AvgIpc) is 2.42. The van der Waals surface area contributed by atoms with Gasteiger partial charge in [-0.15, -0.1) is 12.8 Å². The lowest BCUT2D eigenvalue weighted by atomic mass is 10.2. The van der Waals surface area contributed by atoms with Crippen LogP contribution in [0.15, 0.2) is 18.3 Å². The van der Waals surface area contributed by atoms with Crippen LogP contribution in [0.25, 0.3) is 0 Å². The topological polar surface area (TPSA) is 65.5 Å². The van der Waals surface area contributed by atoms with E-state index in [1.807, 2.05) is 0 Å². The predicted molar refractivity (Wildman–Crippen MR) is 62.5 cm³/mol. The van der Waals surface area contributed by atoms with Gasteiger partial charge in [0.05, 0.1) is 5.56 Å². The first-order valence-electron chi connectivity index (χ1n) is 4.86. The van der Waals surface area contributed by atoms with Crippen molar-refractivity contribution in [3.63, 3.8) is 0 Å². The van der Waals surface area contributed by atoms with Crippen LogP contribution in [0.2, 0.25) is 0 Å². The van der Waals surface area contributed by atoms with Crippen LogP contribution in [-0.4, -0.2) is 30.1 Å². The van der Waals surface area contributed by atoms with Gasteiger partial charge >= 0.3 is 11.9 Å². The van der Waals surface area contributed by atoms with Gasteiger partial charge in [-0.1, -0.05) is 11.8 Å². The van der Waals surface area contributed by atoms with Gasteiger partial charge in [0.15, 0.2) is 13.2 Å². The largest absolute Gasteiger partial charge is 0.449 e. The summed E-state index contributed by atoms with van der Waals surface area (Å²) in [4.78, 5) is 26.7. The number of hydrogen-bond acceptors (Lipinski definition) is 5. The van der Waals surface area contributed by atoms with Crippen molar-refractivity contribution in [1.29, 1.82) is 0 Å². The third-order valence-electron chi connectivity index (χ3n) is 1.78. The molecule has 1 rings (SSSR count). The van der Waals surface area contributed by atoms with E-state index in [1.165, 1.54) is 18.3 Å². The van der Waals surface area contributed by atoms with Crippen molar-refractivity contribution in [1.82, 2.24) is 4.98 Å². The number of ether oxygens (including phenoxy) is 2. The number of rotatable bonds is 4. The maximum atomic E-state index is 11.5. The Balaban J connectivity index is 2.80. The molecule has 0 aromatic carbocycles. The SMILES string of the molecule is C#CCOC(=O)c1ccnc(C(=O)OCC#C)c1. The van der Waals surface area contributed by atoms with E-state index in [0.717, 1.165) is 0 Å². The zero-order chi connectivity index (χ0) is 13.4. The van der Waals surface area contributed by atoms with Crippen LogP contribution in [0, 0.1) is 24.7 Å². The first-order valence-corrected chi connectivity index (χ1v) is 4.86. The molecule has 5 heteroatoms. The van der Waals surface area contributed by atoms with Gasteiger partial charge in [-0.05, 0) is 12.1 Å². The number of hydrogen-bond donors (Lipinski definition) is 0. The van der Waals surface area contributed by atoms with Crippen LogP contribution in [-0.2, 0) is 9.47 Å². The van der Waals surface area contributed by atoms with Gasteiger partial charge in [-0.2, -0.15) is 0 Å². The predicted octanol–water partition coefficient (Wildman–Crippen LogP) is 0.662. The second-order valence-electron chi connectivity index (χ2n) is 2.99. The molecule has 1 aromatic rings. The molecule has 0 saturated heterocycles. The highest BCUT2D eigenvalue weighted by Gasteiger charge is 2.13. The molecule has 0 fully saturated rings. The fourth-order valence-electron chi connectivity index (χ4n) is 1.04. The Hall–Kier alpha value is -2.79. The Labute approximate surface area is 104 Å². The quantitative estimate of drug-likeness (QED) is 0.574.